The van der Waals surface area contributed by atoms with Crippen molar-refractivity contribution in [3.63, 3.8) is 0 Å². The molecular formula is C15H21NO4. The molecule has 1 aromatic rings. The highest BCUT2D eigenvalue weighted by Gasteiger charge is 2.26. The summed E-state index contributed by atoms with van der Waals surface area (Å²) >= 11 is 0. The Morgan fingerprint density at radius 2 is 2.05 bits per heavy atom. The molecule has 0 aromatic heterocycles. The molecule has 0 saturated carbocycles. The van der Waals surface area contributed by atoms with Crippen molar-refractivity contribution in [1.82, 2.24) is 4.90 Å². The Hall–Kier alpha value is -1.75. The number of ether oxygens (including phenoxy) is 3. The first-order valence-corrected chi connectivity index (χ1v) is 6.92. The molecule has 1 fully saturated rings. The quantitative estimate of drug-likeness (QED) is 0.823. The van der Waals surface area contributed by atoms with Crippen molar-refractivity contribution < 1.29 is 19.0 Å². The lowest BCUT2D eigenvalue weighted by Gasteiger charge is -2.30. The first kappa shape index (κ1) is 14.7. The summed E-state index contributed by atoms with van der Waals surface area (Å²) in [7, 11) is 1.61. The summed E-state index contributed by atoms with van der Waals surface area (Å²) in [6.45, 7) is 4.42. The van der Waals surface area contributed by atoms with E-state index in [1.807, 2.05) is 25.1 Å². The van der Waals surface area contributed by atoms with E-state index in [4.69, 9.17) is 14.2 Å². The van der Waals surface area contributed by atoms with Gasteiger partial charge in [-0.1, -0.05) is 13.0 Å². The minimum absolute atomic E-state index is 0.0265. The summed E-state index contributed by atoms with van der Waals surface area (Å²) in [6.07, 6.45) is 0.174. The van der Waals surface area contributed by atoms with E-state index in [0.717, 1.165) is 5.75 Å². The van der Waals surface area contributed by atoms with Crippen LogP contribution in [0.4, 0.5) is 0 Å². The summed E-state index contributed by atoms with van der Waals surface area (Å²) in [5.74, 6) is 1.40. The van der Waals surface area contributed by atoms with Crippen LogP contribution in [0, 0.1) is 0 Å². The van der Waals surface area contributed by atoms with Gasteiger partial charge in [-0.2, -0.15) is 0 Å². The van der Waals surface area contributed by atoms with Crippen molar-refractivity contribution in [3.8, 4) is 11.5 Å². The van der Waals surface area contributed by atoms with E-state index in [-0.39, 0.29) is 5.91 Å². The molecule has 2 rings (SSSR count). The van der Waals surface area contributed by atoms with Gasteiger partial charge in [-0.15, -0.1) is 0 Å². The lowest BCUT2D eigenvalue weighted by molar-refractivity contribution is -0.142. The fourth-order valence-electron chi connectivity index (χ4n) is 2.13. The van der Waals surface area contributed by atoms with E-state index < -0.39 is 6.10 Å². The number of benzene rings is 1. The van der Waals surface area contributed by atoms with Gasteiger partial charge in [0, 0.05) is 19.2 Å². The molecule has 1 aliphatic rings. The van der Waals surface area contributed by atoms with Crippen molar-refractivity contribution in [1.29, 1.82) is 0 Å². The maximum Gasteiger partial charge on any atom is 0.263 e. The van der Waals surface area contributed by atoms with Gasteiger partial charge in [0.05, 0.1) is 20.3 Å². The van der Waals surface area contributed by atoms with Crippen molar-refractivity contribution in [2.24, 2.45) is 0 Å². The second kappa shape index (κ2) is 7.14. The summed E-state index contributed by atoms with van der Waals surface area (Å²) in [6, 6.07) is 7.31. The van der Waals surface area contributed by atoms with E-state index in [1.165, 1.54) is 0 Å². The summed E-state index contributed by atoms with van der Waals surface area (Å²) < 4.78 is 16.2. The van der Waals surface area contributed by atoms with E-state index in [0.29, 0.717) is 38.5 Å². The lowest BCUT2D eigenvalue weighted by Crippen LogP contribution is -2.47. The van der Waals surface area contributed by atoms with Gasteiger partial charge in [0.15, 0.2) is 6.10 Å². The van der Waals surface area contributed by atoms with Crippen molar-refractivity contribution in [2.45, 2.75) is 19.4 Å². The fourth-order valence-corrected chi connectivity index (χ4v) is 2.13. The van der Waals surface area contributed by atoms with Crippen LogP contribution in [-0.2, 0) is 9.53 Å². The number of rotatable bonds is 5. The van der Waals surface area contributed by atoms with E-state index in [1.54, 1.807) is 18.1 Å². The number of hydrogen-bond acceptors (Lipinski definition) is 4. The predicted octanol–water partition coefficient (Wildman–Crippen LogP) is 1.71. The third-order valence-corrected chi connectivity index (χ3v) is 3.29. The van der Waals surface area contributed by atoms with Crippen LogP contribution < -0.4 is 9.47 Å². The molecule has 20 heavy (non-hydrogen) atoms. The minimum atomic E-state index is -0.458. The van der Waals surface area contributed by atoms with Crippen LogP contribution in [0.15, 0.2) is 24.3 Å². The Morgan fingerprint density at radius 3 is 2.70 bits per heavy atom. The molecule has 110 valence electrons. The van der Waals surface area contributed by atoms with E-state index in [2.05, 4.69) is 0 Å². The standard InChI is InChI=1S/C15H21NO4/c1-3-14(15(17)16-7-9-19-10-8-16)20-13-6-4-5-12(11-13)18-2/h4-6,11,14H,3,7-10H2,1-2H3/t14-/m1/s1. The van der Waals surface area contributed by atoms with Gasteiger partial charge in [-0.05, 0) is 18.6 Å². The molecule has 0 radical (unpaired) electrons. The van der Waals surface area contributed by atoms with Gasteiger partial charge >= 0.3 is 0 Å². The van der Waals surface area contributed by atoms with Gasteiger partial charge in [0.2, 0.25) is 0 Å². The molecule has 1 aromatic carbocycles. The molecule has 5 nitrogen and oxygen atoms in total. The zero-order valence-electron chi connectivity index (χ0n) is 12.0. The number of hydrogen-bond donors (Lipinski definition) is 0. The third-order valence-electron chi connectivity index (χ3n) is 3.29. The summed E-state index contributed by atoms with van der Waals surface area (Å²) in [4.78, 5) is 14.2. The van der Waals surface area contributed by atoms with Crippen LogP contribution in [0.5, 0.6) is 11.5 Å². The molecule has 0 bridgehead atoms. The molecule has 0 spiro atoms. The van der Waals surface area contributed by atoms with Gasteiger partial charge in [0.1, 0.15) is 11.5 Å². The minimum Gasteiger partial charge on any atom is -0.497 e. The molecule has 1 amide bonds. The number of morpholine rings is 1. The molecular weight excluding hydrogens is 258 g/mol. The number of methoxy groups -OCH3 is 1. The predicted molar refractivity (Wildman–Crippen MR) is 75.1 cm³/mol. The van der Waals surface area contributed by atoms with Crippen LogP contribution in [0.3, 0.4) is 0 Å². The fraction of sp³-hybridized carbons (Fsp3) is 0.533. The van der Waals surface area contributed by atoms with Gasteiger partial charge in [-0.25, -0.2) is 0 Å². The Balaban J connectivity index is 2.01. The summed E-state index contributed by atoms with van der Waals surface area (Å²) in [5, 5.41) is 0. The second-order valence-corrected chi connectivity index (χ2v) is 4.63. The van der Waals surface area contributed by atoms with Crippen LogP contribution >= 0.6 is 0 Å². The normalized spacial score (nSPS) is 16.6. The molecule has 1 saturated heterocycles. The Bertz CT molecular complexity index is 443. The topological polar surface area (TPSA) is 48.0 Å². The van der Waals surface area contributed by atoms with Crippen LogP contribution in [-0.4, -0.2) is 50.3 Å². The number of amides is 1. The number of carbonyl (C=O) groups excluding carboxylic acids is 1. The van der Waals surface area contributed by atoms with Crippen molar-refractivity contribution in [2.75, 3.05) is 33.4 Å². The van der Waals surface area contributed by atoms with Gasteiger partial charge in [0.25, 0.3) is 5.91 Å². The first-order chi connectivity index (χ1) is 9.74. The highest BCUT2D eigenvalue weighted by molar-refractivity contribution is 5.81. The lowest BCUT2D eigenvalue weighted by atomic mass is 10.2. The average molecular weight is 279 g/mol. The van der Waals surface area contributed by atoms with Crippen LogP contribution in [0.1, 0.15) is 13.3 Å². The molecule has 5 heteroatoms. The largest absolute Gasteiger partial charge is 0.497 e. The Morgan fingerprint density at radius 1 is 1.35 bits per heavy atom. The maximum atomic E-state index is 12.4. The highest BCUT2D eigenvalue weighted by atomic mass is 16.5. The summed E-state index contributed by atoms with van der Waals surface area (Å²) in [5.41, 5.74) is 0. The monoisotopic (exact) mass is 279 g/mol. The first-order valence-electron chi connectivity index (χ1n) is 6.92. The zero-order valence-corrected chi connectivity index (χ0v) is 12.0. The van der Waals surface area contributed by atoms with E-state index in [9.17, 15) is 4.79 Å². The molecule has 0 aliphatic carbocycles. The van der Waals surface area contributed by atoms with Gasteiger partial charge in [-0.3, -0.25) is 4.79 Å². The van der Waals surface area contributed by atoms with E-state index >= 15 is 0 Å². The molecule has 1 aliphatic heterocycles. The number of carbonyl (C=O) groups is 1. The molecule has 1 heterocycles. The molecule has 1 atom stereocenters. The van der Waals surface area contributed by atoms with Crippen molar-refractivity contribution in [3.05, 3.63) is 24.3 Å². The number of nitrogens with zero attached hydrogens (tertiary/aromatic N) is 1. The SMILES string of the molecule is CC[C@@H](Oc1cccc(OC)c1)C(=O)N1CCOCC1. The van der Waals surface area contributed by atoms with Gasteiger partial charge < -0.3 is 19.1 Å². The van der Waals surface area contributed by atoms with Crippen LogP contribution in [0.2, 0.25) is 0 Å². The van der Waals surface area contributed by atoms with Crippen LogP contribution in [0.25, 0.3) is 0 Å². The zero-order chi connectivity index (χ0) is 14.4. The Kier molecular flexibility index (Phi) is 5.24. The Labute approximate surface area is 119 Å². The molecule has 0 unspecified atom stereocenters. The smallest absolute Gasteiger partial charge is 0.263 e. The molecule has 0 N–H and O–H groups in total. The maximum absolute atomic E-state index is 12.4. The highest BCUT2D eigenvalue weighted by Crippen LogP contribution is 2.21. The third kappa shape index (κ3) is 3.63. The average Bonchev–Trinajstić information content (AvgIpc) is 2.53. The van der Waals surface area contributed by atoms with Crippen molar-refractivity contribution >= 4 is 5.91 Å². The second-order valence-electron chi connectivity index (χ2n) is 4.63.